The number of halogens is 1. The van der Waals surface area contributed by atoms with Gasteiger partial charge in [0.15, 0.2) is 17.3 Å². The SMILES string of the molecule is Cc1ccc(COc2ccc(C(=O)c3cn(CCCC(=O)O)c4ccccc34)cc2OCCCCl)cc1. The van der Waals surface area contributed by atoms with Gasteiger partial charge in [-0.2, -0.15) is 0 Å². The van der Waals surface area contributed by atoms with Crippen molar-refractivity contribution in [1.29, 1.82) is 0 Å². The first kappa shape index (κ1) is 26.3. The molecule has 6 nitrogen and oxygen atoms in total. The first-order chi connectivity index (χ1) is 18.0. The van der Waals surface area contributed by atoms with Gasteiger partial charge in [-0.15, -0.1) is 11.6 Å². The second-order valence-corrected chi connectivity index (χ2v) is 9.28. The van der Waals surface area contributed by atoms with Crippen molar-refractivity contribution in [3.05, 3.63) is 95.2 Å². The molecule has 4 aromatic rings. The molecule has 0 fully saturated rings. The highest BCUT2D eigenvalue weighted by Crippen LogP contribution is 2.32. The van der Waals surface area contributed by atoms with Gasteiger partial charge < -0.3 is 19.1 Å². The van der Waals surface area contributed by atoms with E-state index >= 15 is 0 Å². The molecular weight excluding hydrogens is 490 g/mol. The van der Waals surface area contributed by atoms with Crippen molar-refractivity contribution in [3.8, 4) is 11.5 Å². The van der Waals surface area contributed by atoms with E-state index in [1.807, 2.05) is 66.2 Å². The van der Waals surface area contributed by atoms with Gasteiger partial charge in [0, 0.05) is 47.1 Å². The molecule has 7 heteroatoms. The van der Waals surface area contributed by atoms with Gasteiger partial charge in [0.2, 0.25) is 0 Å². The van der Waals surface area contributed by atoms with Crippen LogP contribution in [0.3, 0.4) is 0 Å². The van der Waals surface area contributed by atoms with E-state index in [-0.39, 0.29) is 12.2 Å². The molecule has 37 heavy (non-hydrogen) atoms. The number of rotatable bonds is 13. The van der Waals surface area contributed by atoms with Crippen molar-refractivity contribution in [2.75, 3.05) is 12.5 Å². The number of ketones is 1. The number of fused-ring (bicyclic) bond motifs is 1. The van der Waals surface area contributed by atoms with Crippen LogP contribution in [0.1, 0.15) is 46.3 Å². The van der Waals surface area contributed by atoms with Crippen molar-refractivity contribution in [2.45, 2.75) is 39.3 Å². The molecular formula is C30H30ClNO5. The summed E-state index contributed by atoms with van der Waals surface area (Å²) in [7, 11) is 0. The highest BCUT2D eigenvalue weighted by atomic mass is 35.5. The topological polar surface area (TPSA) is 77.8 Å². The van der Waals surface area contributed by atoms with E-state index in [2.05, 4.69) is 0 Å². The van der Waals surface area contributed by atoms with Gasteiger partial charge in [0.25, 0.3) is 0 Å². The summed E-state index contributed by atoms with van der Waals surface area (Å²) in [5, 5.41) is 9.82. The molecule has 1 N–H and O–H groups in total. The Morgan fingerprint density at radius 3 is 2.49 bits per heavy atom. The minimum Gasteiger partial charge on any atom is -0.490 e. The molecule has 0 aliphatic rings. The van der Waals surface area contributed by atoms with Crippen LogP contribution < -0.4 is 9.47 Å². The van der Waals surface area contributed by atoms with Crippen LogP contribution in [0, 0.1) is 6.92 Å². The number of benzene rings is 3. The third kappa shape index (κ3) is 6.71. The maximum atomic E-state index is 13.6. The summed E-state index contributed by atoms with van der Waals surface area (Å²) >= 11 is 5.83. The molecule has 0 amide bonds. The Hall–Kier alpha value is -3.77. The number of ether oxygens (including phenoxy) is 2. The number of nitrogens with zero attached hydrogens (tertiary/aromatic N) is 1. The lowest BCUT2D eigenvalue weighted by molar-refractivity contribution is -0.137. The number of hydrogen-bond donors (Lipinski definition) is 1. The molecule has 0 aliphatic heterocycles. The Morgan fingerprint density at radius 1 is 0.946 bits per heavy atom. The molecule has 0 aliphatic carbocycles. The zero-order valence-electron chi connectivity index (χ0n) is 20.8. The van der Waals surface area contributed by atoms with E-state index in [4.69, 9.17) is 26.2 Å². The van der Waals surface area contributed by atoms with E-state index < -0.39 is 5.97 Å². The number of hydrogen-bond acceptors (Lipinski definition) is 4. The van der Waals surface area contributed by atoms with Crippen molar-refractivity contribution < 1.29 is 24.2 Å². The molecule has 0 saturated heterocycles. The highest BCUT2D eigenvalue weighted by molar-refractivity contribution is 6.18. The first-order valence-electron chi connectivity index (χ1n) is 12.3. The van der Waals surface area contributed by atoms with Gasteiger partial charge >= 0.3 is 5.97 Å². The molecule has 0 unspecified atom stereocenters. The van der Waals surface area contributed by atoms with Gasteiger partial charge in [-0.1, -0.05) is 48.0 Å². The summed E-state index contributed by atoms with van der Waals surface area (Å²) in [5.41, 5.74) is 4.16. The van der Waals surface area contributed by atoms with Crippen LogP contribution in [0.15, 0.2) is 72.9 Å². The van der Waals surface area contributed by atoms with Crippen molar-refractivity contribution in [1.82, 2.24) is 4.57 Å². The predicted octanol–water partition coefficient (Wildman–Crippen LogP) is 6.63. The van der Waals surface area contributed by atoms with Gasteiger partial charge in [0.1, 0.15) is 6.61 Å². The minimum absolute atomic E-state index is 0.0723. The van der Waals surface area contributed by atoms with Gasteiger partial charge in [0.05, 0.1) is 6.61 Å². The Kier molecular flexibility index (Phi) is 8.86. The Labute approximate surface area is 221 Å². The molecule has 0 saturated carbocycles. The van der Waals surface area contributed by atoms with Gasteiger partial charge in [-0.25, -0.2) is 0 Å². The molecule has 1 aromatic heterocycles. The fourth-order valence-electron chi connectivity index (χ4n) is 4.13. The van der Waals surface area contributed by atoms with E-state index in [1.54, 1.807) is 18.2 Å². The predicted molar refractivity (Wildman–Crippen MR) is 145 cm³/mol. The van der Waals surface area contributed by atoms with E-state index in [0.717, 1.165) is 16.5 Å². The number of carbonyl (C=O) groups is 2. The number of carbonyl (C=O) groups excluding carboxylic acids is 1. The smallest absolute Gasteiger partial charge is 0.303 e. The van der Waals surface area contributed by atoms with E-state index in [1.165, 1.54) is 5.56 Å². The Morgan fingerprint density at radius 2 is 1.73 bits per heavy atom. The van der Waals surface area contributed by atoms with Crippen molar-refractivity contribution in [2.24, 2.45) is 0 Å². The molecule has 4 rings (SSSR count). The molecule has 3 aromatic carbocycles. The number of aromatic nitrogens is 1. The Bertz CT molecular complexity index is 1380. The fraction of sp³-hybridized carbons (Fsp3) is 0.267. The third-order valence-corrected chi connectivity index (χ3v) is 6.35. The first-order valence-corrected chi connectivity index (χ1v) is 12.8. The average Bonchev–Trinajstić information content (AvgIpc) is 3.27. The summed E-state index contributed by atoms with van der Waals surface area (Å²) in [4.78, 5) is 24.6. The number of para-hydroxylation sites is 1. The third-order valence-electron chi connectivity index (χ3n) is 6.08. The van der Waals surface area contributed by atoms with Crippen LogP contribution in [0.4, 0.5) is 0 Å². The molecule has 0 spiro atoms. The molecule has 1 heterocycles. The number of alkyl halides is 1. The number of carboxylic acid groups (broad SMARTS) is 1. The Balaban J connectivity index is 1.60. The van der Waals surface area contributed by atoms with Gasteiger partial charge in [-0.05, 0) is 49.6 Å². The van der Waals surface area contributed by atoms with Crippen molar-refractivity contribution >= 4 is 34.3 Å². The standard InChI is InChI=1S/C30H30ClNO5/c1-21-9-11-22(12-10-21)20-37-27-14-13-23(18-28(27)36-17-5-15-31)30(35)25-19-32(16-4-8-29(33)34)26-7-3-2-6-24(25)26/h2-3,6-7,9-14,18-19H,4-5,8,15-17,20H2,1H3,(H,33,34). The zero-order valence-corrected chi connectivity index (χ0v) is 21.5. The van der Waals surface area contributed by atoms with Crippen LogP contribution >= 0.6 is 11.6 Å². The van der Waals surface area contributed by atoms with Gasteiger partial charge in [-0.3, -0.25) is 9.59 Å². The lowest BCUT2D eigenvalue weighted by Gasteiger charge is -2.14. The zero-order chi connectivity index (χ0) is 26.2. The summed E-state index contributed by atoms with van der Waals surface area (Å²) in [6, 6.07) is 21.0. The van der Waals surface area contributed by atoms with Crippen LogP contribution in [-0.4, -0.2) is 33.9 Å². The summed E-state index contributed by atoms with van der Waals surface area (Å²) in [6.07, 6.45) is 3.03. The van der Waals surface area contributed by atoms with Crippen LogP contribution in [-0.2, 0) is 17.9 Å². The van der Waals surface area contributed by atoms with E-state index in [9.17, 15) is 9.59 Å². The molecule has 0 atom stereocenters. The summed E-state index contributed by atoms with van der Waals surface area (Å²) < 4.78 is 14.0. The number of carboxylic acids is 1. The quantitative estimate of drug-likeness (QED) is 0.122. The monoisotopic (exact) mass is 519 g/mol. The summed E-state index contributed by atoms with van der Waals surface area (Å²) in [5.74, 6) is 0.551. The van der Waals surface area contributed by atoms with Crippen LogP contribution in [0.5, 0.6) is 11.5 Å². The minimum atomic E-state index is -0.834. The normalized spacial score (nSPS) is 11.0. The molecule has 192 valence electrons. The lowest BCUT2D eigenvalue weighted by atomic mass is 10.0. The molecule has 0 bridgehead atoms. The maximum Gasteiger partial charge on any atom is 0.303 e. The second kappa shape index (κ2) is 12.5. The average molecular weight is 520 g/mol. The summed E-state index contributed by atoms with van der Waals surface area (Å²) in [6.45, 7) is 3.34. The van der Waals surface area contributed by atoms with Crippen LogP contribution in [0.2, 0.25) is 0 Å². The number of aliphatic carboxylic acids is 1. The number of aryl methyl sites for hydroxylation is 2. The lowest BCUT2D eigenvalue weighted by Crippen LogP contribution is -2.06. The highest BCUT2D eigenvalue weighted by Gasteiger charge is 2.19. The van der Waals surface area contributed by atoms with Crippen molar-refractivity contribution in [3.63, 3.8) is 0 Å². The fourth-order valence-corrected chi connectivity index (χ4v) is 4.24. The largest absolute Gasteiger partial charge is 0.490 e. The van der Waals surface area contributed by atoms with E-state index in [0.29, 0.717) is 61.1 Å². The maximum absolute atomic E-state index is 13.6. The van der Waals surface area contributed by atoms with Crippen LogP contribution in [0.25, 0.3) is 10.9 Å². The molecule has 0 radical (unpaired) electrons. The second-order valence-electron chi connectivity index (χ2n) is 8.91.